The van der Waals surface area contributed by atoms with Gasteiger partial charge in [-0.05, 0) is 31.9 Å². The van der Waals surface area contributed by atoms with Crippen LogP contribution in [0.1, 0.15) is 24.0 Å². The fourth-order valence-electron chi connectivity index (χ4n) is 2.01. The Kier molecular flexibility index (Phi) is 5.41. The van der Waals surface area contributed by atoms with Gasteiger partial charge in [0.05, 0.1) is 15.4 Å². The van der Waals surface area contributed by atoms with Gasteiger partial charge in [0.2, 0.25) is 15.8 Å². The molecule has 0 saturated heterocycles. The molecule has 0 spiro atoms. The predicted octanol–water partition coefficient (Wildman–Crippen LogP) is 2.04. The third-order valence-electron chi connectivity index (χ3n) is 2.86. The van der Waals surface area contributed by atoms with Gasteiger partial charge >= 0.3 is 5.69 Å². The van der Waals surface area contributed by atoms with Crippen LogP contribution in [0.4, 0.5) is 10.1 Å². The van der Waals surface area contributed by atoms with Gasteiger partial charge in [0.1, 0.15) is 0 Å². The summed E-state index contributed by atoms with van der Waals surface area (Å²) in [6, 6.07) is 0.848. The van der Waals surface area contributed by atoms with Gasteiger partial charge in [-0.15, -0.1) is 12.3 Å². The summed E-state index contributed by atoms with van der Waals surface area (Å²) in [7, 11) is -3.96. The number of rotatable bonds is 6. The first-order valence-electron chi connectivity index (χ1n) is 6.09. The van der Waals surface area contributed by atoms with Crippen molar-refractivity contribution in [2.45, 2.75) is 31.6 Å². The number of nitro benzene ring substituents is 1. The van der Waals surface area contributed by atoms with E-state index in [1.807, 2.05) is 0 Å². The maximum atomic E-state index is 13.6. The molecule has 1 aromatic rings. The Hall–Kier alpha value is -1.98. The van der Waals surface area contributed by atoms with Crippen LogP contribution >= 0.6 is 0 Å². The van der Waals surface area contributed by atoms with E-state index in [-0.39, 0.29) is 22.6 Å². The maximum absolute atomic E-state index is 13.6. The average molecular weight is 314 g/mol. The molecule has 0 aliphatic heterocycles. The van der Waals surface area contributed by atoms with Crippen LogP contribution in [0, 0.1) is 42.1 Å². The summed E-state index contributed by atoms with van der Waals surface area (Å²) in [5, 5.41) is 10.9. The molecular weight excluding hydrogens is 299 g/mol. The molecule has 0 radical (unpaired) electrons. The summed E-state index contributed by atoms with van der Waals surface area (Å²) >= 11 is 0. The van der Waals surface area contributed by atoms with E-state index in [1.165, 1.54) is 13.8 Å². The molecule has 0 saturated carbocycles. The van der Waals surface area contributed by atoms with Crippen molar-refractivity contribution in [1.82, 2.24) is 4.72 Å². The fourth-order valence-corrected chi connectivity index (χ4v) is 3.55. The van der Waals surface area contributed by atoms with Crippen LogP contribution in [0.15, 0.2) is 11.0 Å². The number of nitrogens with one attached hydrogen (secondary N) is 1. The standard InChI is InChI=1S/C13H15FN2O4S/c1-4-5-6-7-15-21(19,20)13-9(2)8-11(14)12(10(13)3)16(17)18/h1,8,15H,5-7H2,2-3H3. The summed E-state index contributed by atoms with van der Waals surface area (Å²) in [4.78, 5) is 9.66. The largest absolute Gasteiger partial charge is 0.309 e. The molecule has 1 N–H and O–H groups in total. The van der Waals surface area contributed by atoms with Gasteiger partial charge in [0.25, 0.3) is 0 Å². The highest BCUT2D eigenvalue weighted by Gasteiger charge is 2.28. The third-order valence-corrected chi connectivity index (χ3v) is 4.61. The highest BCUT2D eigenvalue weighted by molar-refractivity contribution is 7.89. The zero-order chi connectivity index (χ0) is 16.2. The van der Waals surface area contributed by atoms with E-state index in [0.717, 1.165) is 6.07 Å². The van der Waals surface area contributed by atoms with Gasteiger partial charge in [-0.2, -0.15) is 4.39 Å². The molecule has 114 valence electrons. The van der Waals surface area contributed by atoms with E-state index in [1.54, 1.807) is 0 Å². The molecule has 0 unspecified atom stereocenters. The van der Waals surface area contributed by atoms with Gasteiger partial charge in [-0.25, -0.2) is 13.1 Å². The van der Waals surface area contributed by atoms with Crippen molar-refractivity contribution in [1.29, 1.82) is 0 Å². The Morgan fingerprint density at radius 1 is 1.48 bits per heavy atom. The smallest absolute Gasteiger partial charge is 0.258 e. The number of nitro groups is 1. The van der Waals surface area contributed by atoms with Crippen molar-refractivity contribution in [3.8, 4) is 12.3 Å². The van der Waals surface area contributed by atoms with Crippen LogP contribution in [0.3, 0.4) is 0 Å². The van der Waals surface area contributed by atoms with Crippen LogP contribution in [-0.4, -0.2) is 19.9 Å². The lowest BCUT2D eigenvalue weighted by Gasteiger charge is -2.12. The van der Waals surface area contributed by atoms with Crippen LogP contribution in [-0.2, 0) is 10.0 Å². The first-order valence-corrected chi connectivity index (χ1v) is 7.58. The topological polar surface area (TPSA) is 89.3 Å². The summed E-state index contributed by atoms with van der Waals surface area (Å²) in [5.41, 5.74) is -0.938. The molecule has 0 heterocycles. The van der Waals surface area contributed by atoms with Crippen molar-refractivity contribution in [3.05, 3.63) is 33.1 Å². The zero-order valence-electron chi connectivity index (χ0n) is 11.6. The average Bonchev–Trinajstić information content (AvgIpc) is 2.32. The first kappa shape index (κ1) is 17.1. The Bertz CT molecular complexity index is 708. The van der Waals surface area contributed by atoms with E-state index in [0.29, 0.717) is 12.8 Å². The lowest BCUT2D eigenvalue weighted by Crippen LogP contribution is -2.26. The highest BCUT2D eigenvalue weighted by Crippen LogP contribution is 2.30. The Morgan fingerprint density at radius 2 is 2.10 bits per heavy atom. The molecule has 1 rings (SSSR count). The van der Waals surface area contributed by atoms with Crippen molar-refractivity contribution in [2.24, 2.45) is 0 Å². The van der Waals surface area contributed by atoms with Gasteiger partial charge in [-0.3, -0.25) is 10.1 Å². The lowest BCUT2D eigenvalue weighted by molar-refractivity contribution is -0.388. The maximum Gasteiger partial charge on any atom is 0.309 e. The molecule has 0 atom stereocenters. The van der Waals surface area contributed by atoms with Crippen LogP contribution in [0.5, 0.6) is 0 Å². The zero-order valence-corrected chi connectivity index (χ0v) is 12.5. The van der Waals surface area contributed by atoms with Crippen LogP contribution in [0.2, 0.25) is 0 Å². The van der Waals surface area contributed by atoms with E-state index >= 15 is 0 Å². The van der Waals surface area contributed by atoms with Crippen LogP contribution in [0.25, 0.3) is 0 Å². The summed E-state index contributed by atoms with van der Waals surface area (Å²) < 4.78 is 40.3. The lowest BCUT2D eigenvalue weighted by atomic mass is 10.1. The molecule has 0 aliphatic carbocycles. The highest BCUT2D eigenvalue weighted by atomic mass is 32.2. The second kappa shape index (κ2) is 6.65. The van der Waals surface area contributed by atoms with E-state index in [2.05, 4.69) is 10.6 Å². The van der Waals surface area contributed by atoms with Crippen molar-refractivity contribution in [2.75, 3.05) is 6.54 Å². The summed E-state index contributed by atoms with van der Waals surface area (Å²) in [6.07, 6.45) is 5.91. The van der Waals surface area contributed by atoms with E-state index in [4.69, 9.17) is 6.42 Å². The monoisotopic (exact) mass is 314 g/mol. The number of halogens is 1. The molecular formula is C13H15FN2O4S. The molecule has 1 aromatic carbocycles. The number of nitrogens with zero attached hydrogens (tertiary/aromatic N) is 1. The van der Waals surface area contributed by atoms with Gasteiger partial charge in [0.15, 0.2) is 0 Å². The molecule has 0 fully saturated rings. The molecule has 6 nitrogen and oxygen atoms in total. The molecule has 0 amide bonds. The van der Waals surface area contributed by atoms with Gasteiger partial charge in [-0.1, -0.05) is 0 Å². The van der Waals surface area contributed by atoms with Gasteiger partial charge in [0, 0.05) is 13.0 Å². The van der Waals surface area contributed by atoms with Gasteiger partial charge < -0.3 is 0 Å². The number of terminal acetylenes is 1. The van der Waals surface area contributed by atoms with E-state index in [9.17, 15) is 22.9 Å². The Balaban J connectivity index is 3.27. The molecule has 0 aromatic heterocycles. The number of benzene rings is 1. The molecule has 0 aliphatic rings. The van der Waals surface area contributed by atoms with Crippen molar-refractivity contribution < 1.29 is 17.7 Å². The normalized spacial score (nSPS) is 11.1. The summed E-state index contributed by atoms with van der Waals surface area (Å²) in [6.45, 7) is 2.70. The molecule has 0 bridgehead atoms. The quantitative estimate of drug-likeness (QED) is 0.376. The third kappa shape index (κ3) is 3.77. The number of hydrogen-bond donors (Lipinski definition) is 1. The minimum Gasteiger partial charge on any atom is -0.258 e. The minimum absolute atomic E-state index is 0.108. The first-order chi connectivity index (χ1) is 9.72. The van der Waals surface area contributed by atoms with E-state index < -0.39 is 26.5 Å². The Labute approximate surface area is 122 Å². The second-order valence-corrected chi connectivity index (χ2v) is 6.14. The predicted molar refractivity (Wildman–Crippen MR) is 75.8 cm³/mol. The SMILES string of the molecule is C#CCCCNS(=O)(=O)c1c(C)cc(F)c([N+](=O)[O-])c1C. The second-order valence-electron chi connectivity index (χ2n) is 4.44. The molecule has 8 heteroatoms. The molecule has 21 heavy (non-hydrogen) atoms. The summed E-state index contributed by atoms with van der Waals surface area (Å²) in [5.74, 6) is 1.32. The number of hydrogen-bond acceptors (Lipinski definition) is 4. The number of aryl methyl sites for hydroxylation is 1. The minimum atomic E-state index is -3.96. The Morgan fingerprint density at radius 3 is 2.62 bits per heavy atom. The van der Waals surface area contributed by atoms with Crippen molar-refractivity contribution in [3.63, 3.8) is 0 Å². The number of unbranched alkanes of at least 4 members (excludes halogenated alkanes) is 1. The number of sulfonamides is 1. The fraction of sp³-hybridized carbons (Fsp3) is 0.385. The van der Waals surface area contributed by atoms with Crippen LogP contribution < -0.4 is 4.72 Å². The van der Waals surface area contributed by atoms with Crippen molar-refractivity contribution >= 4 is 15.7 Å².